The van der Waals surface area contributed by atoms with Crippen molar-refractivity contribution < 1.29 is 0 Å². The van der Waals surface area contributed by atoms with Crippen molar-refractivity contribution in [3.8, 4) is 0 Å². The van der Waals surface area contributed by atoms with E-state index >= 15 is 0 Å². The summed E-state index contributed by atoms with van der Waals surface area (Å²) in [7, 11) is 2.16. The monoisotopic (exact) mass is 343 g/mol. The summed E-state index contributed by atoms with van der Waals surface area (Å²) in [6, 6.07) is 11.6. The summed E-state index contributed by atoms with van der Waals surface area (Å²) in [5.74, 6) is 1.81. The molecule has 1 saturated carbocycles. The Morgan fingerprint density at radius 3 is 2.40 bits per heavy atom. The van der Waals surface area contributed by atoms with E-state index in [9.17, 15) is 0 Å². The number of rotatable bonds is 7. The molecular weight excluding hydrogens is 306 g/mol. The third-order valence-corrected chi connectivity index (χ3v) is 6.37. The lowest BCUT2D eigenvalue weighted by Crippen LogP contribution is -2.50. The molecular formula is C22H37N3. The SMILES string of the molecule is CCCC1CCC(NC)C(CN2CCN(Cc3ccccc3)CC2)C1. The molecule has 1 aromatic carbocycles. The molecule has 140 valence electrons. The highest BCUT2D eigenvalue weighted by Gasteiger charge is 2.31. The molecule has 1 aliphatic carbocycles. The van der Waals surface area contributed by atoms with Crippen molar-refractivity contribution in [1.29, 1.82) is 0 Å². The van der Waals surface area contributed by atoms with E-state index in [1.807, 2.05) is 0 Å². The summed E-state index contributed by atoms with van der Waals surface area (Å²) in [6.07, 6.45) is 7.02. The van der Waals surface area contributed by atoms with Gasteiger partial charge < -0.3 is 10.2 Å². The second-order valence-corrected chi connectivity index (χ2v) is 8.19. The smallest absolute Gasteiger partial charge is 0.0234 e. The number of hydrogen-bond acceptors (Lipinski definition) is 3. The van der Waals surface area contributed by atoms with Gasteiger partial charge in [0, 0.05) is 45.3 Å². The van der Waals surface area contributed by atoms with E-state index in [-0.39, 0.29) is 0 Å². The van der Waals surface area contributed by atoms with Crippen LogP contribution in [0.4, 0.5) is 0 Å². The van der Waals surface area contributed by atoms with E-state index in [4.69, 9.17) is 0 Å². The van der Waals surface area contributed by atoms with Crippen molar-refractivity contribution in [3.63, 3.8) is 0 Å². The normalized spacial score (nSPS) is 29.0. The summed E-state index contributed by atoms with van der Waals surface area (Å²) in [4.78, 5) is 5.34. The van der Waals surface area contributed by atoms with Crippen LogP contribution in [0.1, 0.15) is 44.6 Å². The maximum atomic E-state index is 3.61. The zero-order valence-corrected chi connectivity index (χ0v) is 16.3. The first-order valence-electron chi connectivity index (χ1n) is 10.4. The number of hydrogen-bond donors (Lipinski definition) is 1. The molecule has 0 aromatic heterocycles. The first-order valence-corrected chi connectivity index (χ1v) is 10.4. The summed E-state index contributed by atoms with van der Waals surface area (Å²) in [5, 5.41) is 3.61. The Kier molecular flexibility index (Phi) is 7.33. The number of piperazine rings is 1. The van der Waals surface area contributed by atoms with Crippen molar-refractivity contribution in [2.24, 2.45) is 11.8 Å². The largest absolute Gasteiger partial charge is 0.317 e. The van der Waals surface area contributed by atoms with Crippen molar-refractivity contribution in [2.75, 3.05) is 39.8 Å². The Morgan fingerprint density at radius 1 is 1.00 bits per heavy atom. The fourth-order valence-corrected chi connectivity index (χ4v) is 4.92. The molecule has 1 saturated heterocycles. The molecule has 1 N–H and O–H groups in total. The highest BCUT2D eigenvalue weighted by molar-refractivity contribution is 5.14. The Hall–Kier alpha value is -0.900. The lowest BCUT2D eigenvalue weighted by molar-refractivity contribution is 0.0859. The zero-order valence-electron chi connectivity index (χ0n) is 16.3. The van der Waals surface area contributed by atoms with Gasteiger partial charge in [-0.25, -0.2) is 0 Å². The Labute approximate surface area is 154 Å². The molecule has 1 aliphatic heterocycles. The molecule has 3 heteroatoms. The molecule has 3 rings (SSSR count). The van der Waals surface area contributed by atoms with Gasteiger partial charge in [0.05, 0.1) is 0 Å². The molecule has 3 unspecified atom stereocenters. The third kappa shape index (κ3) is 5.54. The van der Waals surface area contributed by atoms with Crippen LogP contribution >= 0.6 is 0 Å². The Bertz CT molecular complexity index is 481. The van der Waals surface area contributed by atoms with Gasteiger partial charge in [0.25, 0.3) is 0 Å². The van der Waals surface area contributed by atoms with Crippen LogP contribution in [0.5, 0.6) is 0 Å². The highest BCUT2D eigenvalue weighted by Crippen LogP contribution is 2.32. The van der Waals surface area contributed by atoms with Gasteiger partial charge in [-0.1, -0.05) is 50.1 Å². The van der Waals surface area contributed by atoms with E-state index in [1.165, 1.54) is 70.4 Å². The first kappa shape index (κ1) is 18.9. The van der Waals surface area contributed by atoms with Crippen LogP contribution in [0, 0.1) is 11.8 Å². The maximum absolute atomic E-state index is 3.61. The van der Waals surface area contributed by atoms with Gasteiger partial charge in [0.2, 0.25) is 0 Å². The van der Waals surface area contributed by atoms with Crippen LogP contribution < -0.4 is 5.32 Å². The van der Waals surface area contributed by atoms with Gasteiger partial charge in [-0.15, -0.1) is 0 Å². The minimum absolute atomic E-state index is 0.732. The van der Waals surface area contributed by atoms with Crippen LogP contribution in [-0.4, -0.2) is 55.6 Å². The standard InChI is InChI=1S/C22H37N3/c1-3-7-19-10-11-22(23-2)21(16-19)18-25-14-12-24(13-15-25)17-20-8-5-4-6-9-20/h4-6,8-9,19,21-23H,3,7,10-18H2,1-2H3. The lowest BCUT2D eigenvalue weighted by atomic mass is 9.76. The van der Waals surface area contributed by atoms with E-state index in [0.29, 0.717) is 0 Å². The van der Waals surface area contributed by atoms with Gasteiger partial charge in [-0.2, -0.15) is 0 Å². The molecule has 0 spiro atoms. The van der Waals surface area contributed by atoms with Crippen LogP contribution in [0.3, 0.4) is 0 Å². The Balaban J connectivity index is 1.45. The molecule has 0 radical (unpaired) electrons. The molecule has 1 aromatic rings. The fourth-order valence-electron chi connectivity index (χ4n) is 4.92. The van der Waals surface area contributed by atoms with E-state index in [2.05, 4.69) is 59.4 Å². The Morgan fingerprint density at radius 2 is 1.72 bits per heavy atom. The van der Waals surface area contributed by atoms with Crippen molar-refractivity contribution in [3.05, 3.63) is 35.9 Å². The van der Waals surface area contributed by atoms with Gasteiger partial charge in [-0.05, 0) is 43.7 Å². The second-order valence-electron chi connectivity index (χ2n) is 8.19. The van der Waals surface area contributed by atoms with Crippen molar-refractivity contribution in [2.45, 2.75) is 51.6 Å². The summed E-state index contributed by atoms with van der Waals surface area (Å²) >= 11 is 0. The average Bonchev–Trinajstić information content (AvgIpc) is 2.65. The molecule has 3 atom stereocenters. The molecule has 1 heterocycles. The summed E-state index contributed by atoms with van der Waals surface area (Å²) in [6.45, 7) is 9.64. The second kappa shape index (κ2) is 9.70. The zero-order chi connectivity index (χ0) is 17.5. The molecule has 2 aliphatic rings. The van der Waals surface area contributed by atoms with Crippen LogP contribution in [-0.2, 0) is 6.54 Å². The molecule has 2 fully saturated rings. The fraction of sp³-hybridized carbons (Fsp3) is 0.727. The lowest BCUT2D eigenvalue weighted by Gasteiger charge is -2.41. The van der Waals surface area contributed by atoms with Crippen molar-refractivity contribution >= 4 is 0 Å². The molecule has 0 amide bonds. The maximum Gasteiger partial charge on any atom is 0.0234 e. The number of benzene rings is 1. The minimum Gasteiger partial charge on any atom is -0.317 e. The van der Waals surface area contributed by atoms with Gasteiger partial charge in [-0.3, -0.25) is 4.90 Å². The van der Waals surface area contributed by atoms with Crippen LogP contribution in [0.25, 0.3) is 0 Å². The molecule has 3 nitrogen and oxygen atoms in total. The van der Waals surface area contributed by atoms with Crippen LogP contribution in [0.15, 0.2) is 30.3 Å². The van der Waals surface area contributed by atoms with E-state index in [1.54, 1.807) is 0 Å². The average molecular weight is 344 g/mol. The number of nitrogens with zero attached hydrogens (tertiary/aromatic N) is 2. The highest BCUT2D eigenvalue weighted by atomic mass is 15.3. The number of nitrogens with one attached hydrogen (secondary N) is 1. The van der Waals surface area contributed by atoms with E-state index in [0.717, 1.165) is 24.4 Å². The van der Waals surface area contributed by atoms with Gasteiger partial charge in [0.1, 0.15) is 0 Å². The summed E-state index contributed by atoms with van der Waals surface area (Å²) < 4.78 is 0. The van der Waals surface area contributed by atoms with Crippen LogP contribution in [0.2, 0.25) is 0 Å². The van der Waals surface area contributed by atoms with Crippen molar-refractivity contribution in [1.82, 2.24) is 15.1 Å². The summed E-state index contributed by atoms with van der Waals surface area (Å²) in [5.41, 5.74) is 1.45. The van der Waals surface area contributed by atoms with E-state index < -0.39 is 0 Å². The molecule has 0 bridgehead atoms. The quantitative estimate of drug-likeness (QED) is 0.816. The van der Waals surface area contributed by atoms with Gasteiger partial charge in [0.15, 0.2) is 0 Å². The third-order valence-electron chi connectivity index (χ3n) is 6.37. The predicted octanol–water partition coefficient (Wildman–Crippen LogP) is 3.61. The minimum atomic E-state index is 0.732. The van der Waals surface area contributed by atoms with Gasteiger partial charge >= 0.3 is 0 Å². The predicted molar refractivity (Wildman–Crippen MR) is 107 cm³/mol. The topological polar surface area (TPSA) is 18.5 Å². The first-order chi connectivity index (χ1) is 12.3. The molecule has 25 heavy (non-hydrogen) atoms.